The smallest absolute Gasteiger partial charge is 0.274 e. The quantitative estimate of drug-likeness (QED) is 0.116. The van der Waals surface area contributed by atoms with Crippen molar-refractivity contribution in [3.8, 4) is 22.8 Å². The van der Waals surface area contributed by atoms with Crippen LogP contribution in [0.15, 0.2) is 34.4 Å². The fraction of sp³-hybridized carbons (Fsp3) is 0.531. The Hall–Kier alpha value is -3.67. The SMILES string of the molecule is CC(C)c1cc(-c2onc(C(=O)NCCCCCCCC(=O)NO)c2C2=CC=C(CN3CCOCC3)CC2)c(O)cc1O. The summed E-state index contributed by atoms with van der Waals surface area (Å²) in [4.78, 5) is 26.9. The Morgan fingerprint density at radius 1 is 1.00 bits per heavy atom. The van der Waals surface area contributed by atoms with Crippen molar-refractivity contribution in [1.82, 2.24) is 20.9 Å². The summed E-state index contributed by atoms with van der Waals surface area (Å²) in [5, 5.41) is 36.9. The van der Waals surface area contributed by atoms with Gasteiger partial charge in [-0.05, 0) is 48.8 Å². The standard InChI is InChI=1S/C32H44N4O7/c1-21(2)24-18-25(27(38)19-26(24)37)31-29(23-11-9-22(10-12-23)20-36-14-16-42-17-15-36)30(35-43-31)32(40)33-13-7-5-3-4-6-8-28(39)34-41/h9,11,18-19,21,37-38,41H,3-8,10,12-17,20H2,1-2H3,(H,33,40)(H,34,39). The number of unbranched alkanes of at least 4 members (excludes halogenated alkanes) is 4. The highest BCUT2D eigenvalue weighted by Gasteiger charge is 2.29. The number of ether oxygens (including phenoxy) is 1. The number of benzene rings is 1. The van der Waals surface area contributed by atoms with Crippen LogP contribution < -0.4 is 10.8 Å². The molecule has 0 spiro atoms. The van der Waals surface area contributed by atoms with Gasteiger partial charge in [-0.2, -0.15) is 0 Å². The van der Waals surface area contributed by atoms with Crippen molar-refractivity contribution in [3.05, 3.63) is 46.7 Å². The molecule has 4 rings (SSSR count). The molecule has 5 N–H and O–H groups in total. The number of carbonyl (C=O) groups excluding carboxylic acids is 2. The van der Waals surface area contributed by atoms with Gasteiger partial charge in [-0.25, -0.2) is 5.48 Å². The van der Waals surface area contributed by atoms with Crippen molar-refractivity contribution in [2.45, 2.75) is 71.1 Å². The van der Waals surface area contributed by atoms with E-state index in [-0.39, 0.29) is 34.9 Å². The molecular weight excluding hydrogens is 552 g/mol. The average Bonchev–Trinajstić information content (AvgIpc) is 3.44. The first-order valence-corrected chi connectivity index (χ1v) is 15.2. The number of phenolic OH excluding ortho intramolecular Hbond substituents is 2. The molecule has 2 amide bonds. The second kappa shape index (κ2) is 15.7. The van der Waals surface area contributed by atoms with Gasteiger partial charge in [0.15, 0.2) is 11.5 Å². The highest BCUT2D eigenvalue weighted by Crippen LogP contribution is 2.43. The van der Waals surface area contributed by atoms with Crippen LogP contribution in [-0.2, 0) is 9.53 Å². The number of hydroxylamine groups is 1. The number of rotatable bonds is 14. The number of nitrogens with one attached hydrogen (secondary N) is 2. The van der Waals surface area contributed by atoms with Crippen molar-refractivity contribution in [2.24, 2.45) is 0 Å². The van der Waals surface area contributed by atoms with E-state index in [4.69, 9.17) is 14.5 Å². The molecule has 234 valence electrons. The Labute approximate surface area is 252 Å². The van der Waals surface area contributed by atoms with E-state index in [1.165, 1.54) is 11.6 Å². The number of allylic oxidation sites excluding steroid dienone is 3. The number of amides is 2. The van der Waals surface area contributed by atoms with Crippen LogP contribution in [0.2, 0.25) is 0 Å². The number of hydrogen-bond donors (Lipinski definition) is 5. The molecule has 1 saturated heterocycles. The van der Waals surface area contributed by atoms with Gasteiger partial charge < -0.3 is 24.8 Å². The fourth-order valence-electron chi connectivity index (χ4n) is 5.51. The lowest BCUT2D eigenvalue weighted by Gasteiger charge is -2.28. The zero-order valence-corrected chi connectivity index (χ0v) is 25.2. The van der Waals surface area contributed by atoms with Gasteiger partial charge in [-0.15, -0.1) is 0 Å². The molecule has 1 aromatic carbocycles. The number of aromatic nitrogens is 1. The number of carbonyl (C=O) groups is 2. The molecule has 2 aliphatic rings. The van der Waals surface area contributed by atoms with E-state index in [9.17, 15) is 19.8 Å². The van der Waals surface area contributed by atoms with Crippen LogP contribution in [0.5, 0.6) is 11.5 Å². The lowest BCUT2D eigenvalue weighted by Crippen LogP contribution is -2.37. The molecule has 0 atom stereocenters. The molecule has 1 aliphatic carbocycles. The predicted molar refractivity (Wildman–Crippen MR) is 162 cm³/mol. The first kappa shape index (κ1) is 32.2. The minimum absolute atomic E-state index is 0.0000941. The number of morpholine rings is 1. The van der Waals surface area contributed by atoms with Gasteiger partial charge in [-0.3, -0.25) is 19.7 Å². The Bertz CT molecular complexity index is 1330. The van der Waals surface area contributed by atoms with E-state index in [2.05, 4.69) is 21.4 Å². The molecule has 2 heterocycles. The van der Waals surface area contributed by atoms with Crippen molar-refractivity contribution >= 4 is 17.4 Å². The summed E-state index contributed by atoms with van der Waals surface area (Å²) in [6.45, 7) is 8.55. The largest absolute Gasteiger partial charge is 0.508 e. The molecule has 0 unspecified atom stereocenters. The Balaban J connectivity index is 1.52. The maximum Gasteiger partial charge on any atom is 0.274 e. The van der Waals surface area contributed by atoms with Gasteiger partial charge >= 0.3 is 0 Å². The van der Waals surface area contributed by atoms with Crippen LogP contribution in [0.3, 0.4) is 0 Å². The summed E-state index contributed by atoms with van der Waals surface area (Å²) in [5.41, 5.74) is 5.60. The fourth-order valence-corrected chi connectivity index (χ4v) is 5.51. The van der Waals surface area contributed by atoms with E-state index in [1.54, 1.807) is 11.5 Å². The summed E-state index contributed by atoms with van der Waals surface area (Å²) < 4.78 is 11.2. The van der Waals surface area contributed by atoms with Crippen LogP contribution in [0.25, 0.3) is 16.9 Å². The molecule has 2 aromatic rings. The van der Waals surface area contributed by atoms with E-state index in [1.807, 2.05) is 19.9 Å². The normalized spacial score (nSPS) is 15.7. The average molecular weight is 597 g/mol. The van der Waals surface area contributed by atoms with E-state index in [0.717, 1.165) is 70.5 Å². The summed E-state index contributed by atoms with van der Waals surface area (Å²) in [6, 6.07) is 3.01. The first-order chi connectivity index (χ1) is 20.8. The molecule has 1 aliphatic heterocycles. The Morgan fingerprint density at radius 3 is 2.44 bits per heavy atom. The van der Waals surface area contributed by atoms with Gasteiger partial charge in [0.2, 0.25) is 5.91 Å². The minimum Gasteiger partial charge on any atom is -0.508 e. The van der Waals surface area contributed by atoms with Gasteiger partial charge in [0, 0.05) is 38.7 Å². The third kappa shape index (κ3) is 8.68. The molecule has 1 aromatic heterocycles. The van der Waals surface area contributed by atoms with Gasteiger partial charge in [-0.1, -0.05) is 56.0 Å². The van der Waals surface area contributed by atoms with Crippen molar-refractivity contribution in [3.63, 3.8) is 0 Å². The monoisotopic (exact) mass is 596 g/mol. The molecule has 0 radical (unpaired) electrons. The van der Waals surface area contributed by atoms with Gasteiger partial charge in [0.25, 0.3) is 5.91 Å². The van der Waals surface area contributed by atoms with Crippen molar-refractivity contribution in [1.29, 1.82) is 0 Å². The zero-order valence-electron chi connectivity index (χ0n) is 25.2. The number of phenols is 2. The van der Waals surface area contributed by atoms with Crippen LogP contribution in [0, 0.1) is 0 Å². The molecule has 1 fully saturated rings. The maximum absolute atomic E-state index is 13.4. The molecule has 0 bridgehead atoms. The zero-order chi connectivity index (χ0) is 30.8. The first-order valence-electron chi connectivity index (χ1n) is 15.2. The highest BCUT2D eigenvalue weighted by molar-refractivity contribution is 6.00. The van der Waals surface area contributed by atoms with Crippen molar-refractivity contribution < 1.29 is 34.3 Å². The Kier molecular flexibility index (Phi) is 11.8. The van der Waals surface area contributed by atoms with Crippen LogP contribution in [0.4, 0.5) is 0 Å². The number of nitrogens with zero attached hydrogens (tertiary/aromatic N) is 2. The third-order valence-corrected chi connectivity index (χ3v) is 8.00. The third-order valence-electron chi connectivity index (χ3n) is 8.00. The van der Waals surface area contributed by atoms with E-state index in [0.29, 0.717) is 48.3 Å². The predicted octanol–water partition coefficient (Wildman–Crippen LogP) is 4.89. The summed E-state index contributed by atoms with van der Waals surface area (Å²) in [7, 11) is 0. The summed E-state index contributed by atoms with van der Waals surface area (Å²) >= 11 is 0. The molecule has 11 nitrogen and oxygen atoms in total. The minimum atomic E-state index is -0.381. The second-order valence-corrected chi connectivity index (χ2v) is 11.5. The van der Waals surface area contributed by atoms with Crippen molar-refractivity contribution in [2.75, 3.05) is 39.4 Å². The van der Waals surface area contributed by atoms with E-state index >= 15 is 0 Å². The second-order valence-electron chi connectivity index (χ2n) is 11.5. The molecule has 11 heteroatoms. The number of hydrogen-bond acceptors (Lipinski definition) is 9. The lowest BCUT2D eigenvalue weighted by molar-refractivity contribution is -0.129. The number of aromatic hydroxyl groups is 2. The molecule has 0 saturated carbocycles. The van der Waals surface area contributed by atoms with E-state index < -0.39 is 0 Å². The van der Waals surface area contributed by atoms with Crippen LogP contribution in [-0.4, -0.2) is 76.7 Å². The lowest BCUT2D eigenvalue weighted by atomic mass is 9.89. The van der Waals surface area contributed by atoms with Crippen LogP contribution >= 0.6 is 0 Å². The molecular formula is C32H44N4O7. The van der Waals surface area contributed by atoms with Gasteiger partial charge in [0.05, 0.1) is 24.3 Å². The van der Waals surface area contributed by atoms with Gasteiger partial charge in [0.1, 0.15) is 11.5 Å². The Morgan fingerprint density at radius 2 is 1.74 bits per heavy atom. The topological polar surface area (TPSA) is 157 Å². The molecule has 43 heavy (non-hydrogen) atoms. The highest BCUT2D eigenvalue weighted by atomic mass is 16.5. The van der Waals surface area contributed by atoms with Crippen LogP contribution in [0.1, 0.15) is 92.7 Å². The maximum atomic E-state index is 13.4. The summed E-state index contributed by atoms with van der Waals surface area (Å²) in [5.74, 6) is -0.584. The summed E-state index contributed by atoms with van der Waals surface area (Å²) in [6.07, 6.45) is 10.1.